The second-order valence-corrected chi connectivity index (χ2v) is 8.90. The Labute approximate surface area is 221 Å². The molecule has 0 spiro atoms. The number of methoxy groups -OCH3 is 1. The minimum absolute atomic E-state index is 0.0590. The van der Waals surface area contributed by atoms with E-state index in [1.165, 1.54) is 17.0 Å². The van der Waals surface area contributed by atoms with Crippen molar-refractivity contribution < 1.29 is 33.7 Å². The van der Waals surface area contributed by atoms with Crippen LogP contribution in [-0.4, -0.2) is 42.6 Å². The van der Waals surface area contributed by atoms with Gasteiger partial charge in [0.15, 0.2) is 0 Å². The van der Waals surface area contributed by atoms with Crippen molar-refractivity contribution in [2.45, 2.75) is 32.9 Å². The molecule has 0 radical (unpaired) electrons. The summed E-state index contributed by atoms with van der Waals surface area (Å²) in [6.07, 6.45) is -0.0881. The number of esters is 1. The zero-order valence-corrected chi connectivity index (χ0v) is 21.6. The van der Waals surface area contributed by atoms with Gasteiger partial charge in [-0.25, -0.2) is 4.79 Å². The van der Waals surface area contributed by atoms with Crippen molar-refractivity contribution in [3.05, 3.63) is 95.1 Å². The molecular formula is C30H29NO7. The molecule has 8 nitrogen and oxygen atoms in total. The third kappa shape index (κ3) is 5.25. The Morgan fingerprint density at radius 3 is 2.24 bits per heavy atom. The van der Waals surface area contributed by atoms with Crippen molar-refractivity contribution in [2.24, 2.45) is 0 Å². The summed E-state index contributed by atoms with van der Waals surface area (Å²) in [5.41, 5.74) is 1.58. The third-order valence-electron chi connectivity index (χ3n) is 6.01. The van der Waals surface area contributed by atoms with E-state index in [1.54, 1.807) is 74.7 Å². The van der Waals surface area contributed by atoms with Gasteiger partial charge < -0.3 is 19.3 Å². The number of rotatable bonds is 8. The van der Waals surface area contributed by atoms with Crippen LogP contribution in [0.15, 0.2) is 78.4 Å². The molecule has 1 heterocycles. The highest BCUT2D eigenvalue weighted by Crippen LogP contribution is 2.42. The van der Waals surface area contributed by atoms with Crippen molar-refractivity contribution in [3.63, 3.8) is 0 Å². The number of carbonyl (C=O) groups excluding carboxylic acids is 3. The van der Waals surface area contributed by atoms with Crippen LogP contribution < -0.4 is 14.4 Å². The molecule has 0 aliphatic carbocycles. The molecule has 1 atom stereocenters. The largest absolute Gasteiger partial charge is 0.507 e. The molecule has 1 N–H and O–H groups in total. The molecule has 1 aliphatic rings. The van der Waals surface area contributed by atoms with Crippen molar-refractivity contribution in [2.75, 3.05) is 18.6 Å². The summed E-state index contributed by atoms with van der Waals surface area (Å²) >= 11 is 0. The Kier molecular flexibility index (Phi) is 7.81. The van der Waals surface area contributed by atoms with Crippen LogP contribution in [0.25, 0.3) is 5.76 Å². The molecule has 3 aromatic rings. The maximum Gasteiger partial charge on any atom is 0.338 e. The lowest BCUT2D eigenvalue weighted by molar-refractivity contribution is -0.132. The summed E-state index contributed by atoms with van der Waals surface area (Å²) in [5.74, 6) is -1.31. The zero-order chi connectivity index (χ0) is 27.4. The monoisotopic (exact) mass is 515 g/mol. The predicted octanol–water partition coefficient (Wildman–Crippen LogP) is 5.29. The van der Waals surface area contributed by atoms with Crippen molar-refractivity contribution in [3.8, 4) is 11.5 Å². The minimum atomic E-state index is -0.927. The summed E-state index contributed by atoms with van der Waals surface area (Å²) in [6.45, 7) is 5.71. The van der Waals surface area contributed by atoms with E-state index in [0.29, 0.717) is 33.9 Å². The van der Waals surface area contributed by atoms with Gasteiger partial charge >= 0.3 is 5.97 Å². The van der Waals surface area contributed by atoms with Gasteiger partial charge in [-0.2, -0.15) is 0 Å². The highest BCUT2D eigenvalue weighted by molar-refractivity contribution is 6.51. The lowest BCUT2D eigenvalue weighted by atomic mass is 9.95. The van der Waals surface area contributed by atoms with E-state index in [1.807, 2.05) is 13.8 Å². The Hall–Kier alpha value is -4.59. The van der Waals surface area contributed by atoms with Crippen LogP contribution >= 0.6 is 0 Å². The van der Waals surface area contributed by atoms with E-state index in [9.17, 15) is 19.5 Å². The molecule has 4 rings (SSSR count). The van der Waals surface area contributed by atoms with Gasteiger partial charge in [-0.3, -0.25) is 14.5 Å². The highest BCUT2D eigenvalue weighted by atomic mass is 16.5. The summed E-state index contributed by atoms with van der Waals surface area (Å²) in [4.78, 5) is 40.2. The number of hydrogen-bond acceptors (Lipinski definition) is 7. The van der Waals surface area contributed by atoms with E-state index in [2.05, 4.69) is 0 Å². The van der Waals surface area contributed by atoms with E-state index in [4.69, 9.17) is 14.2 Å². The molecule has 0 aromatic heterocycles. The fraction of sp³-hybridized carbons (Fsp3) is 0.233. The van der Waals surface area contributed by atoms with Crippen molar-refractivity contribution >= 4 is 29.1 Å². The Morgan fingerprint density at radius 2 is 1.63 bits per heavy atom. The smallest absolute Gasteiger partial charge is 0.338 e. The zero-order valence-electron chi connectivity index (χ0n) is 21.6. The number of aliphatic hydroxyl groups excluding tert-OH is 1. The van der Waals surface area contributed by atoms with E-state index in [0.717, 1.165) is 0 Å². The number of ketones is 1. The first-order valence-corrected chi connectivity index (χ1v) is 12.2. The summed E-state index contributed by atoms with van der Waals surface area (Å²) in [6, 6.07) is 18.9. The topological polar surface area (TPSA) is 102 Å². The molecule has 38 heavy (non-hydrogen) atoms. The minimum Gasteiger partial charge on any atom is -0.507 e. The standard InChI is InChI=1S/C30H29NO7/c1-5-37-30(35)20-9-13-22(14-10-20)31-26(19-11-15-23(36-4)16-12-19)25(28(33)29(31)34)27(32)21-7-6-8-24(17-21)38-18(2)3/h6-18,26,32H,5H2,1-4H3/b27-25+. The fourth-order valence-corrected chi connectivity index (χ4v) is 4.32. The molecule has 0 bridgehead atoms. The average Bonchev–Trinajstić information content (AvgIpc) is 3.18. The van der Waals surface area contributed by atoms with Gasteiger partial charge in [-0.15, -0.1) is 0 Å². The molecule has 1 fully saturated rings. The lowest BCUT2D eigenvalue weighted by Crippen LogP contribution is -2.29. The Bertz CT molecular complexity index is 1370. The van der Waals surface area contributed by atoms with Crippen LogP contribution in [-0.2, 0) is 14.3 Å². The van der Waals surface area contributed by atoms with Gasteiger partial charge in [0.25, 0.3) is 11.7 Å². The van der Waals surface area contributed by atoms with E-state index < -0.39 is 23.7 Å². The van der Waals surface area contributed by atoms with Crippen LogP contribution in [0.3, 0.4) is 0 Å². The van der Waals surface area contributed by atoms with Crippen LogP contribution in [0.1, 0.15) is 48.3 Å². The molecular weight excluding hydrogens is 486 g/mol. The van der Waals surface area contributed by atoms with Gasteiger partial charge in [-0.05, 0) is 74.9 Å². The van der Waals surface area contributed by atoms with Gasteiger partial charge in [0.2, 0.25) is 0 Å². The Morgan fingerprint density at radius 1 is 0.947 bits per heavy atom. The fourth-order valence-electron chi connectivity index (χ4n) is 4.32. The lowest BCUT2D eigenvalue weighted by Gasteiger charge is -2.25. The highest BCUT2D eigenvalue weighted by Gasteiger charge is 2.47. The van der Waals surface area contributed by atoms with Crippen LogP contribution in [0.5, 0.6) is 11.5 Å². The third-order valence-corrected chi connectivity index (χ3v) is 6.01. The van der Waals surface area contributed by atoms with Gasteiger partial charge in [0, 0.05) is 11.3 Å². The number of benzene rings is 3. The normalized spacial score (nSPS) is 16.6. The first kappa shape index (κ1) is 26.5. The summed E-state index contributed by atoms with van der Waals surface area (Å²) in [5, 5.41) is 11.4. The van der Waals surface area contributed by atoms with Gasteiger partial charge in [-0.1, -0.05) is 24.3 Å². The van der Waals surface area contributed by atoms with Gasteiger partial charge in [0.05, 0.1) is 37.0 Å². The maximum absolute atomic E-state index is 13.4. The van der Waals surface area contributed by atoms with Crippen molar-refractivity contribution in [1.82, 2.24) is 0 Å². The summed E-state index contributed by atoms with van der Waals surface area (Å²) < 4.78 is 16.0. The predicted molar refractivity (Wildman–Crippen MR) is 142 cm³/mol. The number of carbonyl (C=O) groups is 3. The molecule has 0 saturated carbocycles. The average molecular weight is 516 g/mol. The maximum atomic E-state index is 13.4. The molecule has 1 amide bonds. The quantitative estimate of drug-likeness (QED) is 0.188. The van der Waals surface area contributed by atoms with Crippen LogP contribution in [0, 0.1) is 0 Å². The second-order valence-electron chi connectivity index (χ2n) is 8.90. The molecule has 1 unspecified atom stereocenters. The Balaban J connectivity index is 1.85. The first-order chi connectivity index (χ1) is 18.2. The number of anilines is 1. The SMILES string of the molecule is CCOC(=O)c1ccc(N2C(=O)C(=O)/C(=C(/O)c3cccc(OC(C)C)c3)C2c2ccc(OC)cc2)cc1. The number of aliphatic hydroxyl groups is 1. The van der Waals surface area contributed by atoms with Crippen molar-refractivity contribution in [1.29, 1.82) is 0 Å². The van der Waals surface area contributed by atoms with Crippen LogP contribution in [0.2, 0.25) is 0 Å². The molecule has 1 saturated heterocycles. The second kappa shape index (κ2) is 11.2. The van der Waals surface area contributed by atoms with Gasteiger partial charge in [0.1, 0.15) is 17.3 Å². The van der Waals surface area contributed by atoms with E-state index >= 15 is 0 Å². The number of hydrogen-bond donors (Lipinski definition) is 1. The molecule has 3 aromatic carbocycles. The molecule has 1 aliphatic heterocycles. The molecule has 196 valence electrons. The number of nitrogens with zero attached hydrogens (tertiary/aromatic N) is 1. The summed E-state index contributed by atoms with van der Waals surface area (Å²) in [7, 11) is 1.54. The first-order valence-electron chi connectivity index (χ1n) is 12.2. The van der Waals surface area contributed by atoms with Crippen LogP contribution in [0.4, 0.5) is 5.69 Å². The number of Topliss-reactive ketones (excluding diaryl/α,β-unsaturated/α-hetero) is 1. The number of amides is 1. The molecule has 8 heteroatoms. The van der Waals surface area contributed by atoms with E-state index in [-0.39, 0.29) is 24.0 Å². The number of ether oxygens (including phenoxy) is 3.